The summed E-state index contributed by atoms with van der Waals surface area (Å²) in [5.74, 6) is -0.00220. The van der Waals surface area contributed by atoms with Gasteiger partial charge in [-0.1, -0.05) is 12.1 Å². The summed E-state index contributed by atoms with van der Waals surface area (Å²) < 4.78 is 0. The Morgan fingerprint density at radius 3 is 2.36 bits per heavy atom. The van der Waals surface area contributed by atoms with Crippen molar-refractivity contribution in [2.75, 3.05) is 0 Å². The molecule has 0 spiro atoms. The van der Waals surface area contributed by atoms with Gasteiger partial charge in [-0.05, 0) is 37.8 Å². The van der Waals surface area contributed by atoms with Gasteiger partial charge in [-0.15, -0.1) is 0 Å². The van der Waals surface area contributed by atoms with Gasteiger partial charge in [0.1, 0.15) is 5.69 Å². The number of fused-ring (bicyclic) bond motifs is 3. The van der Waals surface area contributed by atoms with Crippen LogP contribution in [0.2, 0.25) is 0 Å². The second-order valence-electron chi connectivity index (χ2n) is 6.82. The summed E-state index contributed by atoms with van der Waals surface area (Å²) in [6.45, 7) is 0. The molecule has 1 amide bonds. The van der Waals surface area contributed by atoms with E-state index in [0.29, 0.717) is 5.69 Å². The smallest absolute Gasteiger partial charge is 0.274 e. The van der Waals surface area contributed by atoms with Crippen molar-refractivity contribution in [2.24, 2.45) is 0 Å². The van der Waals surface area contributed by atoms with Crippen LogP contribution in [0.15, 0.2) is 42.9 Å². The van der Waals surface area contributed by atoms with Crippen molar-refractivity contribution >= 4 is 16.9 Å². The van der Waals surface area contributed by atoms with E-state index in [-0.39, 0.29) is 24.0 Å². The maximum Gasteiger partial charge on any atom is 0.274 e. The van der Waals surface area contributed by atoms with Gasteiger partial charge in [0.05, 0.1) is 35.7 Å². The fourth-order valence-corrected chi connectivity index (χ4v) is 4.28. The summed E-state index contributed by atoms with van der Waals surface area (Å²) in [6.07, 6.45) is 8.90. The van der Waals surface area contributed by atoms with Crippen molar-refractivity contribution in [3.05, 3.63) is 48.5 Å². The van der Waals surface area contributed by atoms with Crippen LogP contribution in [0.25, 0.3) is 11.0 Å². The quantitative estimate of drug-likeness (QED) is 0.718. The van der Waals surface area contributed by atoms with Gasteiger partial charge in [0.25, 0.3) is 5.91 Å². The predicted molar refractivity (Wildman–Crippen MR) is 90.8 cm³/mol. The summed E-state index contributed by atoms with van der Waals surface area (Å²) in [6, 6.07) is 8.38. The van der Waals surface area contributed by atoms with Crippen molar-refractivity contribution in [1.29, 1.82) is 0 Å². The number of nitrogens with zero attached hydrogens (tertiary/aromatic N) is 6. The summed E-state index contributed by atoms with van der Waals surface area (Å²) in [5.41, 5.74) is 2.01. The number of para-hydroxylation sites is 2. The highest BCUT2D eigenvalue weighted by Crippen LogP contribution is 2.40. The largest absolute Gasteiger partial charge is 0.331 e. The van der Waals surface area contributed by atoms with E-state index >= 15 is 0 Å². The number of rotatable bonds is 2. The predicted octanol–water partition coefficient (Wildman–Crippen LogP) is 2.23. The maximum atomic E-state index is 13.1. The lowest BCUT2D eigenvalue weighted by atomic mass is 9.97. The van der Waals surface area contributed by atoms with Crippen LogP contribution >= 0.6 is 0 Å². The number of hydrogen-bond donors (Lipinski definition) is 0. The number of amides is 1. The average molecular weight is 334 g/mol. The van der Waals surface area contributed by atoms with Crippen LogP contribution in [0.3, 0.4) is 0 Å². The standard InChI is InChI=1S/C18H18N6O/c25-18(17-11-19-15-3-1-2-4-16(15)22-17)23-12-5-6-13(23)10-14(9-12)24-20-7-8-21-24/h1-4,7-8,11-14H,5-6,9-10H2. The van der Waals surface area contributed by atoms with Gasteiger partial charge in [0.2, 0.25) is 0 Å². The minimum Gasteiger partial charge on any atom is -0.331 e. The van der Waals surface area contributed by atoms with Gasteiger partial charge in [0, 0.05) is 12.1 Å². The Morgan fingerprint density at radius 2 is 1.64 bits per heavy atom. The highest BCUT2D eigenvalue weighted by Gasteiger charge is 2.44. The van der Waals surface area contributed by atoms with Crippen LogP contribution in [-0.2, 0) is 0 Å². The van der Waals surface area contributed by atoms with Gasteiger partial charge < -0.3 is 4.90 Å². The third-order valence-corrected chi connectivity index (χ3v) is 5.37. The van der Waals surface area contributed by atoms with E-state index in [9.17, 15) is 4.79 Å². The number of aromatic nitrogens is 5. The highest BCUT2D eigenvalue weighted by molar-refractivity contribution is 5.94. The van der Waals surface area contributed by atoms with Crippen LogP contribution in [0.4, 0.5) is 0 Å². The van der Waals surface area contributed by atoms with Crippen molar-refractivity contribution in [2.45, 2.75) is 43.8 Å². The molecule has 0 aliphatic carbocycles. The van der Waals surface area contributed by atoms with E-state index < -0.39 is 0 Å². The fraction of sp³-hybridized carbons (Fsp3) is 0.389. The molecule has 0 N–H and O–H groups in total. The molecule has 1 aromatic carbocycles. The first-order chi connectivity index (χ1) is 12.3. The molecule has 3 aromatic rings. The second-order valence-corrected chi connectivity index (χ2v) is 6.82. The molecule has 5 rings (SSSR count). The van der Waals surface area contributed by atoms with Crippen LogP contribution in [0, 0.1) is 0 Å². The molecule has 2 atom stereocenters. The Bertz CT molecular complexity index is 910. The fourth-order valence-electron chi connectivity index (χ4n) is 4.28. The summed E-state index contributed by atoms with van der Waals surface area (Å²) in [7, 11) is 0. The van der Waals surface area contributed by atoms with Crippen molar-refractivity contribution in [3.8, 4) is 0 Å². The van der Waals surface area contributed by atoms with E-state index in [1.807, 2.05) is 29.2 Å². The zero-order valence-electron chi connectivity index (χ0n) is 13.7. The van der Waals surface area contributed by atoms with Crippen LogP contribution in [0.5, 0.6) is 0 Å². The van der Waals surface area contributed by atoms with E-state index in [0.717, 1.165) is 36.7 Å². The molecule has 25 heavy (non-hydrogen) atoms. The summed E-state index contributed by atoms with van der Waals surface area (Å²) in [4.78, 5) is 25.8. The van der Waals surface area contributed by atoms with E-state index in [1.54, 1.807) is 23.4 Å². The van der Waals surface area contributed by atoms with Gasteiger partial charge in [-0.25, -0.2) is 4.98 Å². The molecule has 2 unspecified atom stereocenters. The number of carbonyl (C=O) groups excluding carboxylic acids is 1. The van der Waals surface area contributed by atoms with Crippen LogP contribution in [-0.4, -0.2) is 47.9 Å². The molecule has 2 saturated heterocycles. The molecule has 2 bridgehead atoms. The molecule has 126 valence electrons. The van der Waals surface area contributed by atoms with Gasteiger partial charge in [-0.3, -0.25) is 9.78 Å². The average Bonchev–Trinajstić information content (AvgIpc) is 3.27. The molecular weight excluding hydrogens is 316 g/mol. The topological polar surface area (TPSA) is 76.8 Å². The van der Waals surface area contributed by atoms with E-state index in [2.05, 4.69) is 20.2 Å². The Morgan fingerprint density at radius 1 is 0.960 bits per heavy atom. The van der Waals surface area contributed by atoms with Crippen molar-refractivity contribution in [3.63, 3.8) is 0 Å². The summed E-state index contributed by atoms with van der Waals surface area (Å²) >= 11 is 0. The Hall–Kier alpha value is -2.83. The molecule has 2 aliphatic rings. The van der Waals surface area contributed by atoms with Gasteiger partial charge >= 0.3 is 0 Å². The van der Waals surface area contributed by atoms with E-state index in [4.69, 9.17) is 0 Å². The molecule has 2 aromatic heterocycles. The minimum absolute atomic E-state index is 0.00220. The third kappa shape index (κ3) is 2.38. The minimum atomic E-state index is -0.00220. The number of benzene rings is 1. The number of piperidine rings is 1. The van der Waals surface area contributed by atoms with Crippen LogP contribution < -0.4 is 0 Å². The lowest BCUT2D eigenvalue weighted by molar-refractivity contribution is 0.0506. The lowest BCUT2D eigenvalue weighted by Crippen LogP contribution is -2.47. The molecule has 2 aliphatic heterocycles. The highest BCUT2D eigenvalue weighted by atomic mass is 16.2. The first-order valence-corrected chi connectivity index (χ1v) is 8.70. The molecule has 7 heteroatoms. The molecule has 2 fully saturated rings. The van der Waals surface area contributed by atoms with Crippen LogP contribution in [0.1, 0.15) is 42.2 Å². The monoisotopic (exact) mass is 334 g/mol. The Balaban J connectivity index is 1.42. The molecule has 7 nitrogen and oxygen atoms in total. The Labute approximate surface area is 144 Å². The third-order valence-electron chi connectivity index (χ3n) is 5.37. The maximum absolute atomic E-state index is 13.1. The zero-order chi connectivity index (χ0) is 16.8. The van der Waals surface area contributed by atoms with Crippen molar-refractivity contribution in [1.82, 2.24) is 29.9 Å². The SMILES string of the molecule is O=C(c1cnc2ccccc2n1)N1C2CCC1CC(n1nccn1)C2. The lowest BCUT2D eigenvalue weighted by Gasteiger charge is -2.38. The first kappa shape index (κ1) is 14.5. The molecule has 0 radical (unpaired) electrons. The first-order valence-electron chi connectivity index (χ1n) is 8.70. The van der Waals surface area contributed by atoms with Crippen molar-refractivity contribution < 1.29 is 4.79 Å². The zero-order valence-corrected chi connectivity index (χ0v) is 13.7. The second kappa shape index (κ2) is 5.61. The number of hydrogen-bond acceptors (Lipinski definition) is 5. The Kier molecular flexibility index (Phi) is 3.26. The molecule has 0 saturated carbocycles. The molecule has 4 heterocycles. The normalized spacial score (nSPS) is 25.4. The molecular formula is C18H18N6O. The summed E-state index contributed by atoms with van der Waals surface area (Å²) in [5, 5.41) is 8.56. The number of carbonyl (C=O) groups is 1. The van der Waals surface area contributed by atoms with E-state index in [1.165, 1.54) is 0 Å². The van der Waals surface area contributed by atoms with Gasteiger partial charge in [-0.2, -0.15) is 15.0 Å². The van der Waals surface area contributed by atoms with Gasteiger partial charge in [0.15, 0.2) is 0 Å².